The Bertz CT molecular complexity index is 1470. The average molecular weight is 732 g/mol. The molecule has 1 heterocycles. The molecule has 1 aliphatic rings. The van der Waals surface area contributed by atoms with E-state index in [4.69, 9.17) is 12.6 Å². The third-order valence-electron chi connectivity index (χ3n) is 9.21. The molecule has 1 saturated heterocycles. The maximum absolute atomic E-state index is 14.1. The normalized spacial score (nSPS) is 16.8. The van der Waals surface area contributed by atoms with Crippen LogP contribution in [0.15, 0.2) is 60.7 Å². The summed E-state index contributed by atoms with van der Waals surface area (Å²) in [6.45, 7) is 11.3. The molecule has 1 aliphatic heterocycles. The summed E-state index contributed by atoms with van der Waals surface area (Å²) in [6.07, 6.45) is 1.12. The first-order valence-electron chi connectivity index (χ1n) is 18.7. The van der Waals surface area contributed by atoms with Gasteiger partial charge in [0.1, 0.15) is 23.7 Å². The number of nitrogens with one attached hydrogen (secondary N) is 4. The van der Waals surface area contributed by atoms with Crippen LogP contribution in [0.1, 0.15) is 65.0 Å². The van der Waals surface area contributed by atoms with Crippen LogP contribution >= 0.6 is 0 Å². The Balaban J connectivity index is 1.84. The lowest BCUT2D eigenvalue weighted by atomic mass is 9.81. The predicted octanol–water partition coefficient (Wildman–Crippen LogP) is 2.13. The van der Waals surface area contributed by atoms with E-state index in [1.807, 2.05) is 93.3 Å². The second-order valence-corrected chi connectivity index (χ2v) is 15.0. The monoisotopic (exact) mass is 731 g/mol. The molecule has 0 spiro atoms. The maximum Gasteiger partial charge on any atom is 0.243 e. The highest BCUT2D eigenvalue weighted by atomic mass is 16.5. The van der Waals surface area contributed by atoms with Gasteiger partial charge in [-0.05, 0) is 55.6 Å². The van der Waals surface area contributed by atoms with Crippen LogP contribution in [-0.4, -0.2) is 110 Å². The van der Waals surface area contributed by atoms with Crippen LogP contribution in [0, 0.1) is 11.8 Å². The number of aliphatic hydroxyl groups is 1. The first-order chi connectivity index (χ1) is 25.2. The Kier molecular flexibility index (Phi) is 17.7. The van der Waals surface area contributed by atoms with Crippen LogP contribution in [-0.2, 0) is 41.6 Å². The van der Waals surface area contributed by atoms with E-state index in [-0.39, 0.29) is 49.9 Å². The lowest BCUT2D eigenvalue weighted by Gasteiger charge is -2.30. The van der Waals surface area contributed by atoms with Gasteiger partial charge >= 0.3 is 0 Å². The van der Waals surface area contributed by atoms with Crippen LogP contribution in [0.5, 0.6) is 0 Å². The number of carbonyl (C=O) groups excluding carboxylic acids is 5. The molecular formula is C40H58BN5O7. The summed E-state index contributed by atoms with van der Waals surface area (Å²) in [4.78, 5) is 70.4. The standard InChI is InChI=1S/C40H58BN5O7/c1-27(2)22-32(36(48)40(5,52)26-41)43-39(51)34(24-30-14-10-7-11-15-30)45-38(50)33(23-28(3)4)44-37(49)31(17-16-29-12-8-6-9-13-29)42-35(47)25-46-18-20-53-21-19-46/h6-15,27-28,31-34,52H,16-26H2,1-5H3,(H,42,47)(H,43,51)(H,44,49)(H,45,50)/t31-,32-,33-,34-,40+/m0/s1. The number of hydrogen-bond donors (Lipinski definition) is 5. The zero-order valence-corrected chi connectivity index (χ0v) is 31.9. The molecule has 2 aromatic carbocycles. The number of aryl methyl sites for hydroxylation is 1. The number of amides is 4. The minimum absolute atomic E-state index is 0.00480. The van der Waals surface area contributed by atoms with E-state index in [9.17, 15) is 29.1 Å². The third-order valence-corrected chi connectivity index (χ3v) is 9.21. The molecule has 2 aromatic rings. The van der Waals surface area contributed by atoms with Crippen molar-refractivity contribution in [3.63, 3.8) is 0 Å². The number of nitrogens with zero attached hydrogens (tertiary/aromatic N) is 1. The summed E-state index contributed by atoms with van der Waals surface area (Å²) < 4.78 is 5.39. The number of ether oxygens (including phenoxy) is 1. The fourth-order valence-corrected chi connectivity index (χ4v) is 6.18. The zero-order valence-electron chi connectivity index (χ0n) is 31.9. The van der Waals surface area contributed by atoms with Gasteiger partial charge in [0.15, 0.2) is 5.78 Å². The largest absolute Gasteiger partial charge is 0.383 e. The highest BCUT2D eigenvalue weighted by molar-refractivity contribution is 6.13. The van der Waals surface area contributed by atoms with E-state index in [2.05, 4.69) is 21.3 Å². The third kappa shape index (κ3) is 15.1. The molecule has 288 valence electrons. The fourth-order valence-electron chi connectivity index (χ4n) is 6.18. The lowest BCUT2D eigenvalue weighted by molar-refractivity contribution is -0.140. The van der Waals surface area contributed by atoms with Gasteiger partial charge in [0.05, 0.1) is 33.6 Å². The van der Waals surface area contributed by atoms with Crippen molar-refractivity contribution >= 4 is 37.3 Å². The van der Waals surface area contributed by atoms with Gasteiger partial charge in [0.2, 0.25) is 23.6 Å². The van der Waals surface area contributed by atoms with Crippen molar-refractivity contribution in [1.29, 1.82) is 0 Å². The van der Waals surface area contributed by atoms with Gasteiger partial charge in [0, 0.05) is 19.5 Å². The van der Waals surface area contributed by atoms with Gasteiger partial charge in [0.25, 0.3) is 0 Å². The van der Waals surface area contributed by atoms with Gasteiger partial charge < -0.3 is 31.1 Å². The Morgan fingerprint density at radius 1 is 0.736 bits per heavy atom. The fraction of sp³-hybridized carbons (Fsp3) is 0.575. The van der Waals surface area contributed by atoms with E-state index in [1.165, 1.54) is 6.92 Å². The first kappa shape index (κ1) is 43.3. The molecular weight excluding hydrogens is 673 g/mol. The molecule has 0 bridgehead atoms. The van der Waals surface area contributed by atoms with Gasteiger partial charge in [-0.3, -0.25) is 28.9 Å². The molecule has 12 nitrogen and oxygen atoms in total. The minimum Gasteiger partial charge on any atom is -0.383 e. The molecule has 0 saturated carbocycles. The molecule has 2 radical (unpaired) electrons. The van der Waals surface area contributed by atoms with E-state index in [1.54, 1.807) is 0 Å². The van der Waals surface area contributed by atoms with Crippen LogP contribution in [0.3, 0.4) is 0 Å². The minimum atomic E-state index is -1.85. The predicted molar refractivity (Wildman–Crippen MR) is 205 cm³/mol. The molecule has 4 amide bonds. The van der Waals surface area contributed by atoms with Crippen molar-refractivity contribution in [2.75, 3.05) is 32.8 Å². The Labute approximate surface area is 316 Å². The highest BCUT2D eigenvalue weighted by Gasteiger charge is 2.37. The van der Waals surface area contributed by atoms with E-state index in [0.717, 1.165) is 11.1 Å². The quantitative estimate of drug-likeness (QED) is 0.122. The lowest BCUT2D eigenvalue weighted by Crippen LogP contribution is -2.59. The van der Waals surface area contributed by atoms with Crippen molar-refractivity contribution in [2.24, 2.45) is 11.8 Å². The average Bonchev–Trinajstić information content (AvgIpc) is 3.12. The Hall–Kier alpha value is -4.07. The Morgan fingerprint density at radius 2 is 1.23 bits per heavy atom. The van der Waals surface area contributed by atoms with Gasteiger partial charge in [-0.15, -0.1) is 0 Å². The maximum atomic E-state index is 14.1. The number of Topliss-reactive ketones (excluding diaryl/α,β-unsaturated/α-hetero) is 1. The van der Waals surface area contributed by atoms with E-state index >= 15 is 0 Å². The molecule has 13 heteroatoms. The number of morpholine rings is 1. The molecule has 53 heavy (non-hydrogen) atoms. The van der Waals surface area contributed by atoms with Crippen molar-refractivity contribution in [3.8, 4) is 0 Å². The number of carbonyl (C=O) groups is 5. The van der Waals surface area contributed by atoms with Crippen LogP contribution < -0.4 is 21.3 Å². The van der Waals surface area contributed by atoms with E-state index < -0.39 is 53.3 Å². The van der Waals surface area contributed by atoms with Crippen LogP contribution in [0.25, 0.3) is 0 Å². The summed E-state index contributed by atoms with van der Waals surface area (Å²) in [5.74, 6) is -2.64. The van der Waals surface area contributed by atoms with Gasteiger partial charge in [-0.2, -0.15) is 0 Å². The summed E-state index contributed by atoms with van der Waals surface area (Å²) >= 11 is 0. The van der Waals surface area contributed by atoms with E-state index in [0.29, 0.717) is 39.1 Å². The SMILES string of the molecule is [B]C[C@@](C)(O)C(=O)[C@H](CC(C)C)NC(=O)[C@H](Cc1ccccc1)NC(=O)[C@H](CC(C)C)NC(=O)[C@H](CCc1ccccc1)NC(=O)CN1CCOCC1. The van der Waals surface area contributed by atoms with Crippen LogP contribution in [0.4, 0.5) is 0 Å². The number of hydrogen-bond acceptors (Lipinski definition) is 8. The van der Waals surface area contributed by atoms with Crippen molar-refractivity contribution < 1.29 is 33.8 Å². The topological polar surface area (TPSA) is 166 Å². The molecule has 5 atom stereocenters. The smallest absolute Gasteiger partial charge is 0.243 e. The molecule has 0 aliphatic carbocycles. The summed E-state index contributed by atoms with van der Waals surface area (Å²) in [5, 5.41) is 22.1. The van der Waals surface area contributed by atoms with Crippen molar-refractivity contribution in [1.82, 2.24) is 26.2 Å². The number of benzene rings is 2. The van der Waals surface area contributed by atoms with Crippen molar-refractivity contribution in [2.45, 2.75) is 103 Å². The molecule has 5 N–H and O–H groups in total. The van der Waals surface area contributed by atoms with Gasteiger partial charge in [-0.25, -0.2) is 0 Å². The molecule has 0 aromatic heterocycles. The highest BCUT2D eigenvalue weighted by Crippen LogP contribution is 2.18. The second kappa shape index (κ2) is 21.6. The summed E-state index contributed by atoms with van der Waals surface area (Å²) in [5.41, 5.74) is -0.0880. The summed E-state index contributed by atoms with van der Waals surface area (Å²) in [6, 6.07) is 14.6. The molecule has 3 rings (SSSR count). The molecule has 1 fully saturated rings. The second-order valence-electron chi connectivity index (χ2n) is 15.0. The van der Waals surface area contributed by atoms with Gasteiger partial charge in [-0.1, -0.05) is 94.7 Å². The Morgan fingerprint density at radius 3 is 1.79 bits per heavy atom. The molecule has 0 unspecified atom stereocenters. The number of ketones is 1. The zero-order chi connectivity index (χ0) is 39.0. The summed E-state index contributed by atoms with van der Waals surface area (Å²) in [7, 11) is 5.68. The van der Waals surface area contributed by atoms with Crippen LogP contribution in [0.2, 0.25) is 6.32 Å². The van der Waals surface area contributed by atoms with Crippen molar-refractivity contribution in [3.05, 3.63) is 71.8 Å². The first-order valence-corrected chi connectivity index (χ1v) is 18.7. The number of rotatable bonds is 21.